The van der Waals surface area contributed by atoms with Crippen molar-refractivity contribution >= 4 is 39.3 Å². The number of aliphatic hydroxyl groups excluding tert-OH is 1. The molecule has 1 amide bonds. The molecule has 7 nitrogen and oxygen atoms in total. The van der Waals surface area contributed by atoms with Crippen molar-refractivity contribution in [3.05, 3.63) is 63.6 Å². The molecule has 0 radical (unpaired) electrons. The first-order chi connectivity index (χ1) is 14.8. The summed E-state index contributed by atoms with van der Waals surface area (Å²) in [6, 6.07) is 10.7. The molecule has 1 aliphatic rings. The Balaban J connectivity index is 2.12. The highest BCUT2D eigenvalue weighted by Crippen LogP contribution is 2.40. The Morgan fingerprint density at radius 1 is 1.16 bits per heavy atom. The highest BCUT2D eigenvalue weighted by atomic mass is 79.9. The molecule has 1 N–H and O–H groups in total. The average Bonchev–Trinajstić information content (AvgIpc) is 2.98. The number of hydrogen-bond donors (Lipinski definition) is 1. The summed E-state index contributed by atoms with van der Waals surface area (Å²) < 4.78 is 10.9. The van der Waals surface area contributed by atoms with Crippen molar-refractivity contribution in [1.82, 2.24) is 4.90 Å². The third-order valence-electron chi connectivity index (χ3n) is 4.89. The van der Waals surface area contributed by atoms with Crippen LogP contribution in [-0.4, -0.2) is 41.3 Å². The minimum Gasteiger partial charge on any atom is -0.507 e. The number of carbonyl (C=O) groups is 3. The van der Waals surface area contributed by atoms with Gasteiger partial charge in [0.1, 0.15) is 17.3 Å². The van der Waals surface area contributed by atoms with Crippen LogP contribution < -0.4 is 9.47 Å². The summed E-state index contributed by atoms with van der Waals surface area (Å²) in [6.07, 6.45) is 0.642. The lowest BCUT2D eigenvalue weighted by Crippen LogP contribution is -2.30. The van der Waals surface area contributed by atoms with Gasteiger partial charge in [-0.05, 0) is 58.2 Å². The number of likely N-dealkylation sites (tertiary alicyclic amines) is 1. The van der Waals surface area contributed by atoms with Crippen LogP contribution >= 0.6 is 15.9 Å². The molecular weight excluding hydrogens is 466 g/mol. The smallest absolute Gasteiger partial charge is 0.308 e. The fourth-order valence-corrected chi connectivity index (χ4v) is 4.09. The number of ketones is 1. The van der Waals surface area contributed by atoms with Crippen LogP contribution in [0, 0.1) is 0 Å². The zero-order valence-corrected chi connectivity index (χ0v) is 18.9. The van der Waals surface area contributed by atoms with Gasteiger partial charge in [-0.3, -0.25) is 14.4 Å². The third-order valence-corrected chi connectivity index (χ3v) is 5.51. The monoisotopic (exact) mass is 487 g/mol. The van der Waals surface area contributed by atoms with Gasteiger partial charge in [0.2, 0.25) is 0 Å². The maximum absolute atomic E-state index is 12.9. The molecule has 2 aromatic carbocycles. The van der Waals surface area contributed by atoms with E-state index in [-0.39, 0.29) is 11.3 Å². The molecule has 1 saturated heterocycles. The van der Waals surface area contributed by atoms with E-state index in [1.807, 2.05) is 6.92 Å². The lowest BCUT2D eigenvalue weighted by Gasteiger charge is -2.25. The molecule has 1 unspecified atom stereocenters. The van der Waals surface area contributed by atoms with E-state index in [4.69, 9.17) is 9.47 Å². The Morgan fingerprint density at radius 3 is 2.39 bits per heavy atom. The Labute approximate surface area is 188 Å². The fraction of sp³-hybridized carbons (Fsp3) is 0.261. The summed E-state index contributed by atoms with van der Waals surface area (Å²) in [4.78, 5) is 38.3. The van der Waals surface area contributed by atoms with Gasteiger partial charge in [0.25, 0.3) is 11.7 Å². The van der Waals surface area contributed by atoms with E-state index in [2.05, 4.69) is 15.9 Å². The SMILES string of the molecule is CCCN1C(=O)C(=O)/C(=C(\O)c2ccc(OC)c(Br)c2)C1c1ccc(OC(C)=O)cc1. The van der Waals surface area contributed by atoms with Crippen LogP contribution in [0.1, 0.15) is 37.4 Å². The summed E-state index contributed by atoms with van der Waals surface area (Å²) in [6.45, 7) is 3.56. The zero-order chi connectivity index (χ0) is 22.7. The molecule has 1 atom stereocenters. The lowest BCUT2D eigenvalue weighted by molar-refractivity contribution is -0.139. The maximum Gasteiger partial charge on any atom is 0.308 e. The fourth-order valence-electron chi connectivity index (χ4n) is 3.55. The van der Waals surface area contributed by atoms with Gasteiger partial charge in [0, 0.05) is 19.0 Å². The molecule has 31 heavy (non-hydrogen) atoms. The van der Waals surface area contributed by atoms with Crippen LogP contribution in [0.5, 0.6) is 11.5 Å². The minimum absolute atomic E-state index is 0.00996. The summed E-state index contributed by atoms with van der Waals surface area (Å²) in [5.41, 5.74) is 1.01. The van der Waals surface area contributed by atoms with Crippen LogP contribution in [0.3, 0.4) is 0 Å². The molecule has 0 aliphatic carbocycles. The topological polar surface area (TPSA) is 93.1 Å². The van der Waals surface area contributed by atoms with Crippen molar-refractivity contribution < 1.29 is 29.0 Å². The Kier molecular flexibility index (Phi) is 6.80. The van der Waals surface area contributed by atoms with Crippen LogP contribution in [0.15, 0.2) is 52.5 Å². The van der Waals surface area contributed by atoms with E-state index in [9.17, 15) is 19.5 Å². The largest absolute Gasteiger partial charge is 0.507 e. The van der Waals surface area contributed by atoms with Gasteiger partial charge in [0.05, 0.1) is 23.2 Å². The zero-order valence-electron chi connectivity index (χ0n) is 17.3. The van der Waals surface area contributed by atoms with Crippen molar-refractivity contribution in [3.63, 3.8) is 0 Å². The van der Waals surface area contributed by atoms with Crippen molar-refractivity contribution in [3.8, 4) is 11.5 Å². The first-order valence-electron chi connectivity index (χ1n) is 9.69. The second-order valence-corrected chi connectivity index (χ2v) is 7.86. The van der Waals surface area contributed by atoms with Gasteiger partial charge in [0.15, 0.2) is 0 Å². The molecule has 1 heterocycles. The molecule has 162 valence electrons. The average molecular weight is 488 g/mol. The molecule has 3 rings (SSSR count). The highest BCUT2D eigenvalue weighted by molar-refractivity contribution is 9.10. The van der Waals surface area contributed by atoms with E-state index >= 15 is 0 Å². The maximum atomic E-state index is 12.9. The molecule has 8 heteroatoms. The Hall–Kier alpha value is -3.13. The molecule has 0 spiro atoms. The van der Waals surface area contributed by atoms with Gasteiger partial charge in [-0.25, -0.2) is 0 Å². The molecule has 0 bridgehead atoms. The number of hydrogen-bond acceptors (Lipinski definition) is 6. The molecule has 1 aliphatic heterocycles. The van der Waals surface area contributed by atoms with Crippen LogP contribution in [0.4, 0.5) is 0 Å². The predicted octanol–water partition coefficient (Wildman–Crippen LogP) is 4.21. The van der Waals surface area contributed by atoms with Crippen molar-refractivity contribution in [2.24, 2.45) is 0 Å². The van der Waals surface area contributed by atoms with Crippen molar-refractivity contribution in [2.75, 3.05) is 13.7 Å². The Bertz CT molecular complexity index is 1060. The number of nitrogens with zero attached hydrogens (tertiary/aromatic N) is 1. The normalized spacial score (nSPS) is 17.7. The molecule has 0 aromatic heterocycles. The van der Waals surface area contributed by atoms with Crippen LogP contribution in [0.2, 0.25) is 0 Å². The summed E-state index contributed by atoms with van der Waals surface area (Å²) in [7, 11) is 1.52. The third kappa shape index (κ3) is 4.49. The van der Waals surface area contributed by atoms with Crippen LogP contribution in [0.25, 0.3) is 5.76 Å². The van der Waals surface area contributed by atoms with Gasteiger partial charge in [-0.15, -0.1) is 0 Å². The summed E-state index contributed by atoms with van der Waals surface area (Å²) in [5, 5.41) is 11.0. The molecular formula is C23H22BrNO6. The molecule has 2 aromatic rings. The van der Waals surface area contributed by atoms with Crippen molar-refractivity contribution in [2.45, 2.75) is 26.3 Å². The van der Waals surface area contributed by atoms with E-state index in [1.54, 1.807) is 42.5 Å². The van der Waals surface area contributed by atoms with Gasteiger partial charge in [-0.2, -0.15) is 0 Å². The second-order valence-electron chi connectivity index (χ2n) is 7.00. The predicted molar refractivity (Wildman–Crippen MR) is 118 cm³/mol. The number of esters is 1. The quantitative estimate of drug-likeness (QED) is 0.215. The van der Waals surface area contributed by atoms with Crippen molar-refractivity contribution in [1.29, 1.82) is 0 Å². The van der Waals surface area contributed by atoms with E-state index in [1.165, 1.54) is 18.9 Å². The van der Waals surface area contributed by atoms with E-state index < -0.39 is 23.7 Å². The number of aliphatic hydroxyl groups is 1. The number of amides is 1. The first kappa shape index (κ1) is 22.6. The van der Waals surface area contributed by atoms with Crippen LogP contribution in [-0.2, 0) is 14.4 Å². The van der Waals surface area contributed by atoms with E-state index in [0.29, 0.717) is 40.1 Å². The first-order valence-corrected chi connectivity index (χ1v) is 10.5. The number of halogens is 1. The standard InChI is InChI=1S/C23H22BrNO6/c1-4-11-25-20(14-5-8-16(9-6-14)31-13(2)26)19(22(28)23(25)29)21(27)15-7-10-18(30-3)17(24)12-15/h5-10,12,20,27H,4,11H2,1-3H3/b21-19-. The highest BCUT2D eigenvalue weighted by Gasteiger charge is 2.45. The number of methoxy groups -OCH3 is 1. The van der Waals surface area contributed by atoms with Gasteiger partial charge in [-0.1, -0.05) is 19.1 Å². The summed E-state index contributed by atoms with van der Waals surface area (Å²) >= 11 is 3.37. The molecule has 1 fully saturated rings. The second kappa shape index (κ2) is 9.34. The number of ether oxygens (including phenoxy) is 2. The summed E-state index contributed by atoms with van der Waals surface area (Å²) in [5.74, 6) is -1.20. The Morgan fingerprint density at radius 2 is 1.84 bits per heavy atom. The van der Waals surface area contributed by atoms with E-state index in [0.717, 1.165) is 0 Å². The molecule has 0 saturated carbocycles. The number of carbonyl (C=O) groups excluding carboxylic acids is 3. The van der Waals surface area contributed by atoms with Gasteiger partial charge < -0.3 is 19.5 Å². The number of rotatable bonds is 6. The lowest BCUT2D eigenvalue weighted by atomic mass is 9.95. The minimum atomic E-state index is -0.757. The number of Topliss-reactive ketones (excluding diaryl/α,β-unsaturated/α-hetero) is 1. The van der Waals surface area contributed by atoms with Gasteiger partial charge >= 0.3 is 5.97 Å². The number of benzene rings is 2.